The topological polar surface area (TPSA) is 17.1 Å². The quantitative estimate of drug-likeness (QED) is 0.371. The summed E-state index contributed by atoms with van der Waals surface area (Å²) in [5.74, 6) is 5.85. The SMILES string of the molecule is O=Cc1cc(C#CCCl)cs1. The molecule has 1 nitrogen and oxygen atoms in total. The van der Waals surface area contributed by atoms with Crippen LogP contribution < -0.4 is 0 Å². The van der Waals surface area contributed by atoms with E-state index in [2.05, 4.69) is 11.8 Å². The number of hydrogen-bond acceptors (Lipinski definition) is 2. The number of carbonyl (C=O) groups is 1. The number of rotatable bonds is 1. The highest BCUT2D eigenvalue weighted by molar-refractivity contribution is 7.11. The van der Waals surface area contributed by atoms with Gasteiger partial charge in [0.1, 0.15) is 0 Å². The van der Waals surface area contributed by atoms with Gasteiger partial charge in [-0.3, -0.25) is 4.79 Å². The van der Waals surface area contributed by atoms with E-state index in [9.17, 15) is 4.79 Å². The largest absolute Gasteiger partial charge is 0.297 e. The van der Waals surface area contributed by atoms with Crippen LogP contribution in [0.3, 0.4) is 0 Å². The zero-order chi connectivity index (χ0) is 8.10. The number of halogens is 1. The van der Waals surface area contributed by atoms with Gasteiger partial charge in [0.2, 0.25) is 0 Å². The summed E-state index contributed by atoms with van der Waals surface area (Å²) in [4.78, 5) is 10.9. The molecule has 0 spiro atoms. The van der Waals surface area contributed by atoms with Crippen molar-refractivity contribution < 1.29 is 4.79 Å². The Bertz CT molecular complexity index is 305. The smallest absolute Gasteiger partial charge is 0.160 e. The highest BCUT2D eigenvalue weighted by Gasteiger charge is 1.93. The summed E-state index contributed by atoms with van der Waals surface area (Å²) in [5, 5.41) is 1.84. The lowest BCUT2D eigenvalue weighted by Gasteiger charge is -1.73. The van der Waals surface area contributed by atoms with E-state index in [4.69, 9.17) is 11.6 Å². The molecule has 11 heavy (non-hydrogen) atoms. The van der Waals surface area contributed by atoms with Crippen molar-refractivity contribution in [1.29, 1.82) is 0 Å². The Hall–Kier alpha value is -0.780. The Morgan fingerprint density at radius 2 is 2.55 bits per heavy atom. The standard InChI is InChI=1S/C8H5ClOS/c9-3-1-2-7-4-8(5-10)11-6-7/h4-6H,3H2. The monoisotopic (exact) mass is 184 g/mol. The van der Waals surface area contributed by atoms with Gasteiger partial charge in [-0.2, -0.15) is 0 Å². The van der Waals surface area contributed by atoms with Crippen LogP contribution in [0.15, 0.2) is 11.4 Å². The average molecular weight is 185 g/mol. The third-order valence-electron chi connectivity index (χ3n) is 1.04. The van der Waals surface area contributed by atoms with E-state index in [1.807, 2.05) is 5.38 Å². The van der Waals surface area contributed by atoms with Crippen LogP contribution in [0.25, 0.3) is 0 Å². The van der Waals surface area contributed by atoms with Gasteiger partial charge in [-0.1, -0.05) is 11.8 Å². The molecule has 0 aliphatic rings. The van der Waals surface area contributed by atoms with Gasteiger partial charge in [0.05, 0.1) is 10.8 Å². The summed E-state index contributed by atoms with van der Waals surface area (Å²) in [7, 11) is 0. The number of alkyl halides is 1. The first-order chi connectivity index (χ1) is 5.36. The second kappa shape index (κ2) is 4.17. The molecule has 0 amide bonds. The predicted molar refractivity (Wildman–Crippen MR) is 47.3 cm³/mol. The maximum Gasteiger partial charge on any atom is 0.160 e. The molecule has 1 aromatic rings. The van der Waals surface area contributed by atoms with Crippen LogP contribution in [-0.2, 0) is 0 Å². The fraction of sp³-hybridized carbons (Fsp3) is 0.125. The van der Waals surface area contributed by atoms with Crippen molar-refractivity contribution in [1.82, 2.24) is 0 Å². The Labute approximate surface area is 74.0 Å². The number of thiophene rings is 1. The van der Waals surface area contributed by atoms with Crippen LogP contribution in [0.2, 0.25) is 0 Å². The second-order valence-corrected chi connectivity index (χ2v) is 3.00. The maximum absolute atomic E-state index is 10.2. The molecule has 0 unspecified atom stereocenters. The molecule has 0 saturated heterocycles. The van der Waals surface area contributed by atoms with Gasteiger partial charge in [0.25, 0.3) is 0 Å². The Kier molecular flexibility index (Phi) is 3.15. The summed E-state index contributed by atoms with van der Waals surface area (Å²) in [6.45, 7) is 0. The predicted octanol–water partition coefficient (Wildman–Crippen LogP) is 2.15. The Balaban J connectivity index is 2.80. The lowest BCUT2D eigenvalue weighted by Crippen LogP contribution is -1.68. The fourth-order valence-electron chi connectivity index (χ4n) is 0.616. The second-order valence-electron chi connectivity index (χ2n) is 1.79. The molecule has 0 N–H and O–H groups in total. The number of hydrogen-bond donors (Lipinski definition) is 0. The van der Waals surface area contributed by atoms with Gasteiger partial charge in [-0.15, -0.1) is 22.9 Å². The van der Waals surface area contributed by atoms with Crippen LogP contribution >= 0.6 is 22.9 Å². The average Bonchev–Trinajstić information content (AvgIpc) is 2.48. The molecule has 0 atom stereocenters. The van der Waals surface area contributed by atoms with Crippen LogP contribution in [0.5, 0.6) is 0 Å². The summed E-state index contributed by atoms with van der Waals surface area (Å²) >= 11 is 6.74. The van der Waals surface area contributed by atoms with E-state index < -0.39 is 0 Å². The normalized spacial score (nSPS) is 8.45. The molecule has 0 saturated carbocycles. The zero-order valence-corrected chi connectivity index (χ0v) is 7.21. The van der Waals surface area contributed by atoms with E-state index >= 15 is 0 Å². The summed E-state index contributed by atoms with van der Waals surface area (Å²) in [6.07, 6.45) is 0.816. The zero-order valence-electron chi connectivity index (χ0n) is 5.63. The highest BCUT2D eigenvalue weighted by atomic mass is 35.5. The van der Waals surface area contributed by atoms with Crippen molar-refractivity contribution >= 4 is 29.2 Å². The summed E-state index contributed by atoms with van der Waals surface area (Å²) < 4.78 is 0. The van der Waals surface area contributed by atoms with Crippen molar-refractivity contribution in [3.63, 3.8) is 0 Å². The van der Waals surface area contributed by atoms with Crippen molar-refractivity contribution in [3.8, 4) is 11.8 Å². The van der Waals surface area contributed by atoms with Gasteiger partial charge in [0.15, 0.2) is 6.29 Å². The third kappa shape index (κ3) is 2.38. The molecule has 0 aliphatic heterocycles. The van der Waals surface area contributed by atoms with Gasteiger partial charge in [-0.25, -0.2) is 0 Å². The van der Waals surface area contributed by atoms with Gasteiger partial charge >= 0.3 is 0 Å². The molecule has 0 bridgehead atoms. The molecule has 0 aromatic carbocycles. The van der Waals surface area contributed by atoms with E-state index in [0.29, 0.717) is 10.8 Å². The molecule has 1 heterocycles. The van der Waals surface area contributed by atoms with Crippen molar-refractivity contribution in [2.24, 2.45) is 0 Å². The van der Waals surface area contributed by atoms with E-state index in [1.54, 1.807) is 6.07 Å². The summed E-state index contributed by atoms with van der Waals surface area (Å²) in [5.41, 5.74) is 0.859. The van der Waals surface area contributed by atoms with E-state index in [1.165, 1.54) is 11.3 Å². The Morgan fingerprint density at radius 1 is 1.73 bits per heavy atom. The lowest BCUT2D eigenvalue weighted by molar-refractivity contribution is 0.112. The minimum atomic E-state index is 0.326. The lowest BCUT2D eigenvalue weighted by atomic mass is 10.3. The Morgan fingerprint density at radius 3 is 3.09 bits per heavy atom. The third-order valence-corrected chi connectivity index (χ3v) is 2.03. The molecule has 0 radical (unpaired) electrons. The minimum Gasteiger partial charge on any atom is -0.297 e. The molecular formula is C8H5ClOS. The van der Waals surface area contributed by atoms with E-state index in [-0.39, 0.29) is 0 Å². The van der Waals surface area contributed by atoms with Gasteiger partial charge in [0, 0.05) is 10.9 Å². The molecule has 1 rings (SSSR count). The molecule has 3 heteroatoms. The first kappa shape index (κ1) is 8.32. The van der Waals surface area contributed by atoms with Gasteiger partial charge in [-0.05, 0) is 6.07 Å². The summed E-state index contributed by atoms with van der Waals surface area (Å²) in [6, 6.07) is 1.75. The van der Waals surface area contributed by atoms with Crippen LogP contribution in [0.4, 0.5) is 0 Å². The molecule has 56 valence electrons. The molecular weight excluding hydrogens is 180 g/mol. The molecule has 0 fully saturated rings. The number of carbonyl (C=O) groups excluding carboxylic acids is 1. The fourth-order valence-corrected chi connectivity index (χ4v) is 1.32. The number of aldehydes is 1. The van der Waals surface area contributed by atoms with Crippen molar-refractivity contribution in [2.75, 3.05) is 5.88 Å². The maximum atomic E-state index is 10.2. The van der Waals surface area contributed by atoms with Crippen LogP contribution in [-0.4, -0.2) is 12.2 Å². The minimum absolute atomic E-state index is 0.326. The molecule has 1 aromatic heterocycles. The first-order valence-corrected chi connectivity index (χ1v) is 4.37. The van der Waals surface area contributed by atoms with Crippen LogP contribution in [0, 0.1) is 11.8 Å². The highest BCUT2D eigenvalue weighted by Crippen LogP contribution is 2.10. The first-order valence-electron chi connectivity index (χ1n) is 2.95. The van der Waals surface area contributed by atoms with Gasteiger partial charge < -0.3 is 0 Å². The van der Waals surface area contributed by atoms with Crippen molar-refractivity contribution in [3.05, 3.63) is 21.9 Å². The van der Waals surface area contributed by atoms with Crippen LogP contribution in [0.1, 0.15) is 15.2 Å². The molecule has 0 aliphatic carbocycles. The van der Waals surface area contributed by atoms with E-state index in [0.717, 1.165) is 11.8 Å². The van der Waals surface area contributed by atoms with Crippen molar-refractivity contribution in [2.45, 2.75) is 0 Å².